The number of benzene rings is 1. The normalized spacial score (nSPS) is 18.2. The molecular formula is C16H18S. The van der Waals surface area contributed by atoms with E-state index in [2.05, 4.69) is 51.3 Å². The number of rotatable bonds is 2. The smallest absolute Gasteiger partial charge is 0.0154 e. The fourth-order valence-corrected chi connectivity index (χ4v) is 3.56. The zero-order chi connectivity index (χ0) is 12.5. The van der Waals surface area contributed by atoms with Gasteiger partial charge in [0.25, 0.3) is 0 Å². The zero-order valence-electron chi connectivity index (χ0n) is 10.5. The molecule has 2 rings (SSSR count). The van der Waals surface area contributed by atoms with Gasteiger partial charge < -0.3 is 0 Å². The Labute approximate surface area is 108 Å². The summed E-state index contributed by atoms with van der Waals surface area (Å²) in [7, 11) is 0. The summed E-state index contributed by atoms with van der Waals surface area (Å²) >= 11 is 1.80. The van der Waals surface area contributed by atoms with Crippen molar-refractivity contribution in [3.63, 3.8) is 0 Å². The van der Waals surface area contributed by atoms with Crippen LogP contribution in [0.2, 0.25) is 0 Å². The first-order valence-electron chi connectivity index (χ1n) is 5.84. The summed E-state index contributed by atoms with van der Waals surface area (Å²) < 4.78 is 0. The van der Waals surface area contributed by atoms with Crippen LogP contribution in [0.3, 0.4) is 0 Å². The third kappa shape index (κ3) is 2.25. The lowest BCUT2D eigenvalue weighted by atomic mass is 9.78. The van der Waals surface area contributed by atoms with Gasteiger partial charge in [0.15, 0.2) is 0 Å². The SMILES string of the molecule is C=CC1=C(C=C)C(C)(C)Cc2ccccc2S1. The van der Waals surface area contributed by atoms with Crippen molar-refractivity contribution >= 4 is 11.8 Å². The van der Waals surface area contributed by atoms with E-state index >= 15 is 0 Å². The Hall–Kier alpha value is -1.21. The minimum absolute atomic E-state index is 0.116. The minimum atomic E-state index is 0.116. The van der Waals surface area contributed by atoms with Crippen molar-refractivity contribution in [2.24, 2.45) is 5.41 Å². The Morgan fingerprint density at radius 2 is 1.88 bits per heavy atom. The van der Waals surface area contributed by atoms with Crippen LogP contribution in [0, 0.1) is 5.41 Å². The molecule has 1 heterocycles. The van der Waals surface area contributed by atoms with Crippen LogP contribution in [0.15, 0.2) is 64.9 Å². The molecule has 1 aromatic rings. The predicted octanol–water partition coefficient (Wildman–Crippen LogP) is 4.99. The molecule has 88 valence electrons. The highest BCUT2D eigenvalue weighted by atomic mass is 32.2. The highest BCUT2D eigenvalue weighted by molar-refractivity contribution is 8.03. The first-order chi connectivity index (χ1) is 8.08. The minimum Gasteiger partial charge on any atom is -0.0987 e. The standard InChI is InChI=1S/C16H18S/c1-5-13-14(6-2)17-15-10-8-7-9-12(15)11-16(13,3)4/h5-10H,1-2,11H2,3-4H3. The van der Waals surface area contributed by atoms with E-state index in [9.17, 15) is 0 Å². The van der Waals surface area contributed by atoms with Gasteiger partial charge in [-0.3, -0.25) is 0 Å². The van der Waals surface area contributed by atoms with Gasteiger partial charge in [-0.25, -0.2) is 0 Å². The highest BCUT2D eigenvalue weighted by Gasteiger charge is 2.28. The molecule has 1 aliphatic rings. The molecule has 0 saturated carbocycles. The second-order valence-electron chi connectivity index (χ2n) is 4.96. The van der Waals surface area contributed by atoms with Crippen LogP contribution in [0.1, 0.15) is 19.4 Å². The zero-order valence-corrected chi connectivity index (χ0v) is 11.3. The van der Waals surface area contributed by atoms with Gasteiger partial charge in [-0.2, -0.15) is 0 Å². The lowest BCUT2D eigenvalue weighted by molar-refractivity contribution is 0.452. The van der Waals surface area contributed by atoms with Gasteiger partial charge in [-0.15, -0.1) is 0 Å². The first-order valence-corrected chi connectivity index (χ1v) is 6.65. The summed E-state index contributed by atoms with van der Waals surface area (Å²) in [6, 6.07) is 8.61. The summed E-state index contributed by atoms with van der Waals surface area (Å²) in [6.45, 7) is 12.4. The molecule has 0 unspecified atom stereocenters. The lowest BCUT2D eigenvalue weighted by Gasteiger charge is -2.26. The number of fused-ring (bicyclic) bond motifs is 1. The van der Waals surface area contributed by atoms with Crippen LogP contribution in [-0.4, -0.2) is 0 Å². The molecule has 0 aromatic heterocycles. The molecule has 0 bridgehead atoms. The Morgan fingerprint density at radius 3 is 2.53 bits per heavy atom. The van der Waals surface area contributed by atoms with Crippen molar-refractivity contribution in [2.45, 2.75) is 25.2 Å². The Bertz CT molecular complexity index is 492. The molecule has 0 N–H and O–H groups in total. The first kappa shape index (κ1) is 12.3. The summed E-state index contributed by atoms with van der Waals surface area (Å²) in [6.07, 6.45) is 4.98. The monoisotopic (exact) mass is 242 g/mol. The predicted molar refractivity (Wildman–Crippen MR) is 77.2 cm³/mol. The number of thioether (sulfide) groups is 1. The molecule has 17 heavy (non-hydrogen) atoms. The van der Waals surface area contributed by atoms with E-state index in [4.69, 9.17) is 0 Å². The molecule has 0 radical (unpaired) electrons. The van der Waals surface area contributed by atoms with Crippen LogP contribution in [0.4, 0.5) is 0 Å². The maximum absolute atomic E-state index is 3.96. The molecule has 1 heteroatoms. The van der Waals surface area contributed by atoms with Crippen molar-refractivity contribution in [1.29, 1.82) is 0 Å². The van der Waals surface area contributed by atoms with Crippen molar-refractivity contribution in [2.75, 3.05) is 0 Å². The highest BCUT2D eigenvalue weighted by Crippen LogP contribution is 2.45. The lowest BCUT2D eigenvalue weighted by Crippen LogP contribution is -2.17. The quantitative estimate of drug-likeness (QED) is 0.704. The molecule has 0 amide bonds. The second-order valence-corrected chi connectivity index (χ2v) is 6.04. The average molecular weight is 242 g/mol. The van der Waals surface area contributed by atoms with Gasteiger partial charge in [0, 0.05) is 9.80 Å². The molecule has 0 atom stereocenters. The Morgan fingerprint density at radius 1 is 1.18 bits per heavy atom. The summed E-state index contributed by atoms with van der Waals surface area (Å²) in [4.78, 5) is 2.57. The molecule has 0 aliphatic carbocycles. The van der Waals surface area contributed by atoms with Crippen LogP contribution >= 0.6 is 11.8 Å². The molecule has 0 nitrogen and oxygen atoms in total. The summed E-state index contributed by atoms with van der Waals surface area (Å²) in [5, 5.41) is 0. The molecule has 1 aromatic carbocycles. The van der Waals surface area contributed by atoms with Gasteiger partial charge in [0.1, 0.15) is 0 Å². The number of hydrogen-bond acceptors (Lipinski definition) is 1. The Kier molecular flexibility index (Phi) is 3.30. The van der Waals surface area contributed by atoms with E-state index in [1.807, 2.05) is 12.2 Å². The number of hydrogen-bond donors (Lipinski definition) is 0. The van der Waals surface area contributed by atoms with E-state index in [1.54, 1.807) is 11.8 Å². The topological polar surface area (TPSA) is 0 Å². The second kappa shape index (κ2) is 4.58. The van der Waals surface area contributed by atoms with E-state index in [-0.39, 0.29) is 5.41 Å². The molecule has 1 aliphatic heterocycles. The maximum Gasteiger partial charge on any atom is 0.0154 e. The molecular weight excluding hydrogens is 224 g/mol. The summed E-state index contributed by atoms with van der Waals surface area (Å²) in [5.74, 6) is 0. The van der Waals surface area contributed by atoms with Crippen LogP contribution < -0.4 is 0 Å². The fourth-order valence-electron chi connectivity index (χ4n) is 2.36. The average Bonchev–Trinajstić information content (AvgIpc) is 2.40. The third-order valence-electron chi connectivity index (χ3n) is 3.21. The van der Waals surface area contributed by atoms with Gasteiger partial charge in [-0.1, -0.05) is 69.1 Å². The van der Waals surface area contributed by atoms with Gasteiger partial charge in [0.2, 0.25) is 0 Å². The van der Waals surface area contributed by atoms with Crippen LogP contribution in [0.5, 0.6) is 0 Å². The van der Waals surface area contributed by atoms with Gasteiger partial charge in [0.05, 0.1) is 0 Å². The Balaban J connectivity index is 2.60. The van der Waals surface area contributed by atoms with Crippen molar-refractivity contribution in [3.8, 4) is 0 Å². The van der Waals surface area contributed by atoms with Crippen LogP contribution in [-0.2, 0) is 6.42 Å². The molecule has 0 saturated heterocycles. The maximum atomic E-state index is 3.96. The van der Waals surface area contributed by atoms with E-state index in [1.165, 1.54) is 20.9 Å². The molecule has 0 fully saturated rings. The summed E-state index contributed by atoms with van der Waals surface area (Å²) in [5.41, 5.74) is 2.83. The van der Waals surface area contributed by atoms with E-state index in [0.717, 1.165) is 6.42 Å². The van der Waals surface area contributed by atoms with Gasteiger partial charge >= 0.3 is 0 Å². The largest absolute Gasteiger partial charge is 0.0987 e. The van der Waals surface area contributed by atoms with Crippen molar-refractivity contribution in [1.82, 2.24) is 0 Å². The molecule has 0 spiro atoms. The van der Waals surface area contributed by atoms with Crippen LogP contribution in [0.25, 0.3) is 0 Å². The fraction of sp³-hybridized carbons (Fsp3) is 0.250. The van der Waals surface area contributed by atoms with E-state index < -0.39 is 0 Å². The third-order valence-corrected chi connectivity index (χ3v) is 4.43. The van der Waals surface area contributed by atoms with Crippen molar-refractivity contribution in [3.05, 3.63) is 65.6 Å². The van der Waals surface area contributed by atoms with Crippen molar-refractivity contribution < 1.29 is 0 Å². The van der Waals surface area contributed by atoms with E-state index in [0.29, 0.717) is 0 Å². The van der Waals surface area contributed by atoms with Gasteiger partial charge in [-0.05, 0) is 29.0 Å². The number of allylic oxidation sites excluding steroid dienone is 3.